The van der Waals surface area contributed by atoms with Gasteiger partial charge in [-0.25, -0.2) is 0 Å². The van der Waals surface area contributed by atoms with Crippen molar-refractivity contribution in [2.24, 2.45) is 0 Å². The summed E-state index contributed by atoms with van der Waals surface area (Å²) in [5.74, 6) is -0.895. The van der Waals surface area contributed by atoms with E-state index in [1.54, 1.807) is 0 Å². The molecule has 0 saturated carbocycles. The molecule has 0 saturated heterocycles. The van der Waals surface area contributed by atoms with Gasteiger partial charge >= 0.3 is 17.9 Å². The molecular weight excluding hydrogens is 997 g/mol. The number of carbonyl (C=O) groups excluding carboxylic acids is 3. The normalized spacial score (nSPS) is 12.8. The van der Waals surface area contributed by atoms with E-state index in [1.165, 1.54) is 154 Å². The summed E-state index contributed by atoms with van der Waals surface area (Å²) in [5, 5.41) is 0. The lowest BCUT2D eigenvalue weighted by Crippen LogP contribution is -2.30. The number of esters is 3. The van der Waals surface area contributed by atoms with Crippen LogP contribution < -0.4 is 0 Å². The molecule has 0 N–H and O–H groups in total. The van der Waals surface area contributed by atoms with E-state index in [4.69, 9.17) is 14.2 Å². The summed E-state index contributed by atoms with van der Waals surface area (Å²) in [7, 11) is 0. The molecule has 464 valence electrons. The van der Waals surface area contributed by atoms with Crippen LogP contribution in [0.15, 0.2) is 109 Å². The van der Waals surface area contributed by atoms with Gasteiger partial charge in [0.15, 0.2) is 6.10 Å². The van der Waals surface area contributed by atoms with E-state index in [1.807, 2.05) is 0 Å². The molecule has 0 heterocycles. The highest BCUT2D eigenvalue weighted by molar-refractivity contribution is 5.71. The quantitative estimate of drug-likeness (QED) is 0.0261. The summed E-state index contributed by atoms with van der Waals surface area (Å²) in [6.45, 7) is 6.45. The Hall–Kier alpha value is -3.93. The minimum atomic E-state index is -0.789. The highest BCUT2D eigenvalue weighted by atomic mass is 16.6. The molecule has 0 aromatic rings. The second kappa shape index (κ2) is 68.6. The van der Waals surface area contributed by atoms with Gasteiger partial charge < -0.3 is 14.2 Å². The Kier molecular flexibility index (Phi) is 65.2. The first-order valence-corrected chi connectivity index (χ1v) is 34.4. The number of ether oxygens (including phenoxy) is 3. The lowest BCUT2D eigenvalue weighted by molar-refractivity contribution is -0.167. The molecule has 0 aliphatic carbocycles. The molecule has 1 unspecified atom stereocenters. The third-order valence-corrected chi connectivity index (χ3v) is 14.7. The predicted octanol–water partition coefficient (Wildman–Crippen LogP) is 23.8. The topological polar surface area (TPSA) is 78.9 Å². The van der Waals surface area contributed by atoms with Crippen LogP contribution in [0.4, 0.5) is 0 Å². The number of carbonyl (C=O) groups is 3. The Balaban J connectivity index is 4.19. The zero-order valence-corrected chi connectivity index (χ0v) is 53.3. The molecular formula is C75H128O6. The Morgan fingerprint density at radius 1 is 0.259 bits per heavy atom. The van der Waals surface area contributed by atoms with Gasteiger partial charge in [-0.3, -0.25) is 14.4 Å². The third kappa shape index (κ3) is 66.8. The molecule has 0 spiro atoms. The largest absolute Gasteiger partial charge is 0.462 e. The van der Waals surface area contributed by atoms with Crippen molar-refractivity contribution in [1.29, 1.82) is 0 Å². The molecule has 0 aromatic carbocycles. The van der Waals surface area contributed by atoms with E-state index in [0.29, 0.717) is 19.3 Å². The fraction of sp³-hybridized carbons (Fsp3) is 0.720. The SMILES string of the molecule is CC/C=C\C/C=C\C/C=C\C/C=C\C/C=C\CCCCCCCCCCCCCCCCCCCC(=O)OCC(COC(=O)CCCCCCC/C=C\C/C=C\CCC)OC(=O)CCCCCCCCC/C=C\C/C=C\CCCCC. The molecule has 0 aromatic heterocycles. The molecule has 1 atom stereocenters. The second-order valence-electron chi connectivity index (χ2n) is 22.7. The van der Waals surface area contributed by atoms with Crippen LogP contribution in [-0.2, 0) is 28.6 Å². The summed E-state index contributed by atoms with van der Waals surface area (Å²) in [6.07, 6.45) is 94.0. The van der Waals surface area contributed by atoms with Gasteiger partial charge in [0.2, 0.25) is 0 Å². The van der Waals surface area contributed by atoms with Gasteiger partial charge in [0.1, 0.15) is 13.2 Å². The zero-order valence-electron chi connectivity index (χ0n) is 53.3. The van der Waals surface area contributed by atoms with Crippen LogP contribution in [0, 0.1) is 0 Å². The molecule has 0 fully saturated rings. The molecule has 81 heavy (non-hydrogen) atoms. The monoisotopic (exact) mass is 1120 g/mol. The average molecular weight is 1130 g/mol. The van der Waals surface area contributed by atoms with E-state index in [0.717, 1.165) is 135 Å². The van der Waals surface area contributed by atoms with Gasteiger partial charge in [-0.1, -0.05) is 297 Å². The summed E-state index contributed by atoms with van der Waals surface area (Å²) in [6, 6.07) is 0. The number of unbranched alkanes of at least 4 members (excludes halogenated alkanes) is 33. The lowest BCUT2D eigenvalue weighted by atomic mass is 10.0. The first-order valence-electron chi connectivity index (χ1n) is 34.4. The second-order valence-corrected chi connectivity index (χ2v) is 22.7. The van der Waals surface area contributed by atoms with E-state index >= 15 is 0 Å². The molecule has 0 rings (SSSR count). The Morgan fingerprint density at radius 2 is 0.506 bits per heavy atom. The average Bonchev–Trinajstić information content (AvgIpc) is 3.46. The molecule has 0 amide bonds. The van der Waals surface area contributed by atoms with Crippen LogP contribution in [0.5, 0.6) is 0 Å². The standard InChI is InChI=1S/C75H128O6/c1-4-7-10-13-16-19-22-25-27-29-30-31-32-33-34-35-36-37-38-39-40-41-42-43-44-46-47-50-53-56-59-62-65-68-74(77)80-71-72(70-79-73(76)67-64-61-58-55-52-49-24-21-18-15-12-9-6-3)81-75(78)69-66-63-60-57-54-51-48-45-28-26-23-20-17-14-11-8-5-2/h7,10,12,15-17,19-21,24-28,30-31,33-34,72H,4-6,8-9,11,13-14,18,22-23,29,32,35-71H2,1-3H3/b10-7-,15-12-,19-16-,20-17-,24-21-,27-25-,28-26-,31-30-,34-33-. The van der Waals surface area contributed by atoms with Crippen LogP contribution in [0.2, 0.25) is 0 Å². The highest BCUT2D eigenvalue weighted by Crippen LogP contribution is 2.17. The first kappa shape index (κ1) is 77.1. The van der Waals surface area contributed by atoms with Crippen molar-refractivity contribution in [2.75, 3.05) is 13.2 Å². The van der Waals surface area contributed by atoms with Crippen LogP contribution in [0.25, 0.3) is 0 Å². The maximum absolute atomic E-state index is 12.9. The fourth-order valence-corrected chi connectivity index (χ4v) is 9.60. The van der Waals surface area contributed by atoms with Crippen molar-refractivity contribution in [1.82, 2.24) is 0 Å². The zero-order chi connectivity index (χ0) is 58.5. The van der Waals surface area contributed by atoms with Crippen molar-refractivity contribution in [3.63, 3.8) is 0 Å². The minimum Gasteiger partial charge on any atom is -0.462 e. The van der Waals surface area contributed by atoms with Gasteiger partial charge in [-0.2, -0.15) is 0 Å². The van der Waals surface area contributed by atoms with Crippen LogP contribution >= 0.6 is 0 Å². The molecule has 6 heteroatoms. The summed E-state index contributed by atoms with van der Waals surface area (Å²) in [5.41, 5.74) is 0. The summed E-state index contributed by atoms with van der Waals surface area (Å²) >= 11 is 0. The van der Waals surface area contributed by atoms with Crippen molar-refractivity contribution in [3.05, 3.63) is 109 Å². The number of hydrogen-bond acceptors (Lipinski definition) is 6. The number of hydrogen-bond donors (Lipinski definition) is 0. The molecule has 6 nitrogen and oxygen atoms in total. The van der Waals surface area contributed by atoms with E-state index in [9.17, 15) is 14.4 Å². The number of rotatable bonds is 62. The van der Waals surface area contributed by atoms with Crippen molar-refractivity contribution < 1.29 is 28.6 Å². The third-order valence-electron chi connectivity index (χ3n) is 14.7. The first-order chi connectivity index (χ1) is 40.0. The molecule has 0 radical (unpaired) electrons. The minimum absolute atomic E-state index is 0.0836. The Bertz CT molecular complexity index is 1620. The molecule has 0 aliphatic heterocycles. The predicted molar refractivity (Wildman–Crippen MR) is 353 cm³/mol. The van der Waals surface area contributed by atoms with Gasteiger partial charge in [0, 0.05) is 19.3 Å². The molecule has 0 bridgehead atoms. The molecule has 0 aliphatic rings. The smallest absolute Gasteiger partial charge is 0.306 e. The van der Waals surface area contributed by atoms with Gasteiger partial charge in [0.05, 0.1) is 0 Å². The van der Waals surface area contributed by atoms with Gasteiger partial charge in [-0.15, -0.1) is 0 Å². The van der Waals surface area contributed by atoms with Crippen LogP contribution in [-0.4, -0.2) is 37.2 Å². The van der Waals surface area contributed by atoms with Gasteiger partial charge in [0.25, 0.3) is 0 Å². The Morgan fingerprint density at radius 3 is 0.802 bits per heavy atom. The Labute approximate surface area is 501 Å². The summed E-state index contributed by atoms with van der Waals surface area (Å²) < 4.78 is 16.9. The number of allylic oxidation sites excluding steroid dienone is 18. The maximum Gasteiger partial charge on any atom is 0.306 e. The van der Waals surface area contributed by atoms with Crippen LogP contribution in [0.1, 0.15) is 329 Å². The van der Waals surface area contributed by atoms with E-state index in [2.05, 4.69) is 130 Å². The van der Waals surface area contributed by atoms with Crippen LogP contribution in [0.3, 0.4) is 0 Å². The van der Waals surface area contributed by atoms with Crippen molar-refractivity contribution in [3.8, 4) is 0 Å². The maximum atomic E-state index is 12.9. The summed E-state index contributed by atoms with van der Waals surface area (Å²) in [4.78, 5) is 38.3. The fourth-order valence-electron chi connectivity index (χ4n) is 9.60. The highest BCUT2D eigenvalue weighted by Gasteiger charge is 2.19. The van der Waals surface area contributed by atoms with Gasteiger partial charge in [-0.05, 0) is 122 Å². The van der Waals surface area contributed by atoms with Crippen molar-refractivity contribution >= 4 is 17.9 Å². The van der Waals surface area contributed by atoms with E-state index < -0.39 is 6.10 Å². The van der Waals surface area contributed by atoms with E-state index in [-0.39, 0.29) is 31.1 Å². The van der Waals surface area contributed by atoms with Crippen molar-refractivity contribution in [2.45, 2.75) is 335 Å². The lowest BCUT2D eigenvalue weighted by Gasteiger charge is -2.18.